The van der Waals surface area contributed by atoms with E-state index in [0.29, 0.717) is 5.56 Å². The summed E-state index contributed by atoms with van der Waals surface area (Å²) in [6.45, 7) is 0. The molecule has 0 radical (unpaired) electrons. The third-order valence-corrected chi connectivity index (χ3v) is 4.79. The van der Waals surface area contributed by atoms with Crippen molar-refractivity contribution in [2.75, 3.05) is 0 Å². The molecule has 0 aliphatic carbocycles. The van der Waals surface area contributed by atoms with Crippen molar-refractivity contribution >= 4 is 44.9 Å². The molecule has 24 heavy (non-hydrogen) atoms. The van der Waals surface area contributed by atoms with Gasteiger partial charge in [-0.3, -0.25) is 10.7 Å². The first-order valence-electron chi connectivity index (χ1n) is 7.06. The summed E-state index contributed by atoms with van der Waals surface area (Å²) in [6, 6.07) is 9.18. The van der Waals surface area contributed by atoms with Crippen LogP contribution in [0.25, 0.3) is 5.41 Å². The van der Waals surface area contributed by atoms with E-state index in [1.807, 2.05) is 6.07 Å². The first kappa shape index (κ1) is 16.6. The Balaban J connectivity index is 2.20. The summed E-state index contributed by atoms with van der Waals surface area (Å²) in [5, 5.41) is 12.1. The van der Waals surface area contributed by atoms with Gasteiger partial charge in [0.2, 0.25) is 6.04 Å². The Morgan fingerprint density at radius 1 is 1.29 bits per heavy atom. The molecule has 2 atom stereocenters. The van der Waals surface area contributed by atoms with Crippen molar-refractivity contribution in [2.24, 2.45) is 0 Å². The molecule has 1 fully saturated rings. The summed E-state index contributed by atoms with van der Waals surface area (Å²) in [5.41, 5.74) is 0.919. The summed E-state index contributed by atoms with van der Waals surface area (Å²) < 4.78 is 15.6. The van der Waals surface area contributed by atoms with Gasteiger partial charge in [0.25, 0.3) is 5.91 Å². The van der Waals surface area contributed by atoms with Gasteiger partial charge in [-0.25, -0.2) is 4.39 Å². The summed E-state index contributed by atoms with van der Waals surface area (Å²) in [5.74, 6) is 0.780. The topological polar surface area (TPSA) is 55.3 Å². The molecule has 2 aromatic rings. The number of benzene rings is 1. The Kier molecular flexibility index (Phi) is 4.66. The number of amides is 1. The molecular formula is C17H11BrFN3OS. The monoisotopic (exact) mass is 403 g/mol. The number of hydrogen-bond acceptors (Lipinski definition) is 2. The third kappa shape index (κ3) is 2.94. The Morgan fingerprint density at radius 2 is 2.00 bits per heavy atom. The number of hydrogen-bond donors (Lipinski definition) is 1. The highest BCUT2D eigenvalue weighted by atomic mass is 79.9. The number of carbonyl (C=O) groups is 1. The second kappa shape index (κ2) is 6.73. The molecule has 1 aliphatic rings. The van der Waals surface area contributed by atoms with Crippen molar-refractivity contribution in [3.05, 3.63) is 75.6 Å². The maximum Gasteiger partial charge on any atom is 0.295 e. The molecule has 1 amide bonds. The minimum Gasteiger partial charge on any atom is -0.763 e. The van der Waals surface area contributed by atoms with E-state index in [4.69, 9.17) is 12.2 Å². The lowest BCUT2D eigenvalue weighted by Gasteiger charge is -2.30. The van der Waals surface area contributed by atoms with Crippen molar-refractivity contribution in [2.45, 2.75) is 12.0 Å². The van der Waals surface area contributed by atoms with Gasteiger partial charge in [0.1, 0.15) is 10.8 Å². The largest absolute Gasteiger partial charge is 0.763 e. The van der Waals surface area contributed by atoms with Crippen LogP contribution in [0, 0.1) is 5.82 Å². The van der Waals surface area contributed by atoms with Gasteiger partial charge in [-0.15, -0.1) is 0 Å². The van der Waals surface area contributed by atoms with Gasteiger partial charge in [-0.1, -0.05) is 24.4 Å². The normalized spacial score (nSPS) is 20.5. The van der Waals surface area contributed by atoms with Crippen LogP contribution >= 0.6 is 28.1 Å². The van der Waals surface area contributed by atoms with E-state index in [0.717, 1.165) is 0 Å². The lowest BCUT2D eigenvalue weighted by Crippen LogP contribution is -2.56. The molecule has 7 heteroatoms. The van der Waals surface area contributed by atoms with Gasteiger partial charge in [0.15, 0.2) is 12.4 Å². The standard InChI is InChI=1S/C17H11BrFN3OS/c18-12-8-10(4-5-13(12)19)14-11(9-20)17(24)21-16(23)15(14)22-6-2-1-3-7-22/h1-8,14-15H,(H,21,23,24)/t14-,15-/m1/s1. The molecule has 0 unspecified atom stereocenters. The van der Waals surface area contributed by atoms with Crippen molar-refractivity contribution in [1.29, 1.82) is 0 Å². The number of thiocarbonyl (C=S) groups is 1. The second-order valence-electron chi connectivity index (χ2n) is 5.26. The first-order valence-corrected chi connectivity index (χ1v) is 8.26. The molecule has 1 aromatic carbocycles. The third-order valence-electron chi connectivity index (χ3n) is 3.86. The summed E-state index contributed by atoms with van der Waals surface area (Å²) in [4.78, 5) is 12.7. The number of piperidine rings is 1. The van der Waals surface area contributed by atoms with E-state index in [1.54, 1.807) is 41.2 Å². The minimum atomic E-state index is -0.690. The van der Waals surface area contributed by atoms with Crippen LogP contribution in [0.5, 0.6) is 0 Å². The fourth-order valence-electron chi connectivity index (χ4n) is 2.78. The number of nitrogens with one attached hydrogen (secondary N) is 1. The first-order chi connectivity index (χ1) is 11.5. The number of halogens is 2. The maximum absolute atomic E-state index is 13.6. The Hall–Kier alpha value is -2.21. The Labute approximate surface area is 151 Å². The van der Waals surface area contributed by atoms with Crippen molar-refractivity contribution in [3.8, 4) is 0 Å². The highest BCUT2D eigenvalue weighted by molar-refractivity contribution is 9.10. The molecule has 0 saturated carbocycles. The molecule has 1 aliphatic heterocycles. The van der Waals surface area contributed by atoms with E-state index < -0.39 is 17.8 Å². The van der Waals surface area contributed by atoms with Crippen molar-refractivity contribution in [3.63, 3.8) is 0 Å². The molecular weight excluding hydrogens is 393 g/mol. The SMILES string of the molecule is [N-]=C=C1C(=S)NC(=O)[C@H]([n+]2ccccc2)[C@@H]1c1ccc(F)c(Br)c1. The lowest BCUT2D eigenvalue weighted by molar-refractivity contribution is -0.711. The van der Waals surface area contributed by atoms with Crippen LogP contribution in [-0.2, 0) is 4.79 Å². The van der Waals surface area contributed by atoms with Crippen LogP contribution in [0.2, 0.25) is 0 Å². The molecule has 2 heterocycles. The van der Waals surface area contributed by atoms with Gasteiger partial charge >= 0.3 is 0 Å². The second-order valence-corrected chi connectivity index (χ2v) is 6.53. The zero-order chi connectivity index (χ0) is 17.3. The number of pyridine rings is 1. The van der Waals surface area contributed by atoms with Crippen LogP contribution in [0.1, 0.15) is 17.5 Å². The predicted octanol–water partition coefficient (Wildman–Crippen LogP) is 2.82. The molecule has 1 saturated heterocycles. The zero-order valence-electron chi connectivity index (χ0n) is 12.2. The molecule has 0 spiro atoms. The highest BCUT2D eigenvalue weighted by Crippen LogP contribution is 2.36. The molecule has 1 N–H and O–H groups in total. The summed E-state index contributed by atoms with van der Waals surface area (Å²) in [6.07, 6.45) is 3.50. The quantitative estimate of drug-likeness (QED) is 0.362. The van der Waals surface area contributed by atoms with E-state index in [-0.39, 0.29) is 20.9 Å². The van der Waals surface area contributed by atoms with E-state index >= 15 is 0 Å². The minimum absolute atomic E-state index is 0.112. The van der Waals surface area contributed by atoms with Crippen molar-refractivity contribution < 1.29 is 13.8 Å². The Morgan fingerprint density at radius 3 is 2.62 bits per heavy atom. The van der Waals surface area contributed by atoms with E-state index in [1.165, 1.54) is 6.07 Å². The number of aromatic nitrogens is 1. The maximum atomic E-state index is 13.6. The smallest absolute Gasteiger partial charge is 0.295 e. The van der Waals surface area contributed by atoms with Crippen LogP contribution in [0.4, 0.5) is 4.39 Å². The van der Waals surface area contributed by atoms with Crippen LogP contribution < -0.4 is 9.88 Å². The average Bonchev–Trinajstić information content (AvgIpc) is 2.57. The van der Waals surface area contributed by atoms with Gasteiger partial charge in [0, 0.05) is 17.7 Å². The molecule has 1 aromatic heterocycles. The van der Waals surface area contributed by atoms with E-state index in [2.05, 4.69) is 27.1 Å². The molecule has 120 valence electrons. The number of nitrogens with zero attached hydrogens (tertiary/aromatic N) is 2. The van der Waals surface area contributed by atoms with Crippen LogP contribution in [0.3, 0.4) is 0 Å². The molecule has 3 rings (SSSR count). The average molecular weight is 404 g/mol. The van der Waals surface area contributed by atoms with Crippen LogP contribution in [0.15, 0.2) is 58.8 Å². The van der Waals surface area contributed by atoms with E-state index in [9.17, 15) is 14.6 Å². The van der Waals surface area contributed by atoms with Gasteiger partial charge in [-0.05, 0) is 33.6 Å². The molecule has 0 bridgehead atoms. The lowest BCUT2D eigenvalue weighted by atomic mass is 9.82. The number of rotatable bonds is 2. The highest BCUT2D eigenvalue weighted by Gasteiger charge is 2.45. The summed E-state index contributed by atoms with van der Waals surface area (Å²) >= 11 is 8.31. The molecule has 4 nitrogen and oxygen atoms in total. The summed E-state index contributed by atoms with van der Waals surface area (Å²) in [7, 11) is 0. The predicted molar refractivity (Wildman–Crippen MR) is 95.1 cm³/mol. The Bertz CT molecular complexity index is 881. The zero-order valence-corrected chi connectivity index (χ0v) is 14.6. The van der Waals surface area contributed by atoms with Gasteiger partial charge < -0.3 is 10.7 Å². The fraction of sp³-hybridized carbons (Fsp3) is 0.118. The number of carbonyl (C=O) groups excluding carboxylic acids is 1. The fourth-order valence-corrected chi connectivity index (χ4v) is 3.45. The van der Waals surface area contributed by atoms with Crippen LogP contribution in [-0.4, -0.2) is 16.8 Å². The van der Waals surface area contributed by atoms with Gasteiger partial charge in [-0.2, -0.15) is 4.57 Å². The van der Waals surface area contributed by atoms with Gasteiger partial charge in [0.05, 0.1) is 10.4 Å². The van der Waals surface area contributed by atoms with Crippen molar-refractivity contribution in [1.82, 2.24) is 5.32 Å².